The Kier molecular flexibility index (Phi) is 5.11. The molecule has 5 nitrogen and oxygen atoms in total. The summed E-state index contributed by atoms with van der Waals surface area (Å²) in [4.78, 5) is 28.4. The maximum Gasteiger partial charge on any atom is 0.243 e. The van der Waals surface area contributed by atoms with Gasteiger partial charge in [0.15, 0.2) is 0 Å². The van der Waals surface area contributed by atoms with Crippen LogP contribution in [-0.2, 0) is 16.0 Å². The summed E-state index contributed by atoms with van der Waals surface area (Å²) in [5.74, 6) is 0.294. The van der Waals surface area contributed by atoms with Crippen LogP contribution >= 0.6 is 0 Å². The number of benzene rings is 1. The number of carbonyl (C=O) groups is 2. The maximum absolute atomic E-state index is 12.6. The van der Waals surface area contributed by atoms with Crippen LogP contribution in [0.5, 0.6) is 0 Å². The Morgan fingerprint density at radius 2 is 1.84 bits per heavy atom. The van der Waals surface area contributed by atoms with Crippen LogP contribution in [-0.4, -0.2) is 28.9 Å². The summed E-state index contributed by atoms with van der Waals surface area (Å²) in [6, 6.07) is 7.48. The van der Waals surface area contributed by atoms with E-state index in [1.165, 1.54) is 0 Å². The number of H-pyrrole nitrogens is 1. The molecule has 0 radical (unpaired) electrons. The molecule has 2 aromatic rings. The quantitative estimate of drug-likeness (QED) is 0.724. The molecule has 5 heteroatoms. The molecule has 134 valence electrons. The van der Waals surface area contributed by atoms with Crippen molar-refractivity contribution in [2.45, 2.75) is 52.1 Å². The number of aromatic nitrogens is 1. The highest BCUT2D eigenvalue weighted by atomic mass is 16.2. The summed E-state index contributed by atoms with van der Waals surface area (Å²) in [7, 11) is 0. The fourth-order valence-corrected chi connectivity index (χ4v) is 3.23. The predicted octanol–water partition coefficient (Wildman–Crippen LogP) is 2.77. The first-order valence-electron chi connectivity index (χ1n) is 9.11. The van der Waals surface area contributed by atoms with Crippen molar-refractivity contribution in [3.63, 3.8) is 0 Å². The monoisotopic (exact) mass is 341 g/mol. The van der Waals surface area contributed by atoms with Gasteiger partial charge in [-0.25, -0.2) is 0 Å². The Morgan fingerprint density at radius 1 is 1.12 bits per heavy atom. The van der Waals surface area contributed by atoms with Crippen molar-refractivity contribution in [2.24, 2.45) is 11.8 Å². The first-order chi connectivity index (χ1) is 12.0. The Morgan fingerprint density at radius 3 is 2.52 bits per heavy atom. The molecule has 0 spiro atoms. The van der Waals surface area contributed by atoms with Crippen molar-refractivity contribution in [3.05, 3.63) is 36.0 Å². The summed E-state index contributed by atoms with van der Waals surface area (Å²) in [6.07, 6.45) is 4.63. The van der Waals surface area contributed by atoms with Crippen LogP contribution in [0.2, 0.25) is 0 Å². The van der Waals surface area contributed by atoms with Crippen LogP contribution in [0.4, 0.5) is 0 Å². The molecule has 25 heavy (non-hydrogen) atoms. The van der Waals surface area contributed by atoms with Gasteiger partial charge in [-0.1, -0.05) is 25.1 Å². The van der Waals surface area contributed by atoms with Crippen LogP contribution < -0.4 is 10.6 Å². The van der Waals surface area contributed by atoms with E-state index in [0.717, 1.165) is 29.3 Å². The van der Waals surface area contributed by atoms with Crippen molar-refractivity contribution in [1.82, 2.24) is 15.6 Å². The average Bonchev–Trinajstić information content (AvgIpc) is 3.35. The van der Waals surface area contributed by atoms with Gasteiger partial charge in [0.25, 0.3) is 0 Å². The zero-order chi connectivity index (χ0) is 18.0. The molecule has 2 amide bonds. The molecule has 2 atom stereocenters. The number of fused-ring (bicyclic) bond motifs is 1. The number of hydrogen-bond acceptors (Lipinski definition) is 2. The van der Waals surface area contributed by atoms with Crippen molar-refractivity contribution < 1.29 is 9.59 Å². The number of rotatable bonds is 7. The molecule has 1 aliphatic carbocycles. The van der Waals surface area contributed by atoms with Crippen molar-refractivity contribution in [2.75, 3.05) is 0 Å². The van der Waals surface area contributed by atoms with E-state index in [0.29, 0.717) is 12.3 Å². The van der Waals surface area contributed by atoms with Gasteiger partial charge in [-0.15, -0.1) is 0 Å². The molecule has 0 bridgehead atoms. The molecule has 1 aromatic carbocycles. The lowest BCUT2D eigenvalue weighted by molar-refractivity contribution is -0.131. The van der Waals surface area contributed by atoms with Crippen molar-refractivity contribution >= 4 is 22.7 Å². The third kappa shape index (κ3) is 4.21. The Labute approximate surface area is 148 Å². The molecule has 2 unspecified atom stereocenters. The smallest absolute Gasteiger partial charge is 0.243 e. The van der Waals surface area contributed by atoms with E-state index in [1.54, 1.807) is 0 Å². The largest absolute Gasteiger partial charge is 0.361 e. The molecular weight excluding hydrogens is 314 g/mol. The molecule has 1 fully saturated rings. The van der Waals surface area contributed by atoms with Crippen molar-refractivity contribution in [1.29, 1.82) is 0 Å². The number of carbonyl (C=O) groups excluding carboxylic acids is 2. The van der Waals surface area contributed by atoms with E-state index in [4.69, 9.17) is 0 Å². The zero-order valence-electron chi connectivity index (χ0n) is 15.1. The average molecular weight is 341 g/mol. The zero-order valence-corrected chi connectivity index (χ0v) is 15.1. The van der Waals surface area contributed by atoms with Gasteiger partial charge in [-0.05, 0) is 44.2 Å². The van der Waals surface area contributed by atoms with E-state index in [9.17, 15) is 9.59 Å². The number of para-hydroxylation sites is 1. The molecule has 0 saturated heterocycles. The molecule has 1 heterocycles. The highest BCUT2D eigenvalue weighted by molar-refractivity contribution is 5.90. The second-order valence-electron chi connectivity index (χ2n) is 7.41. The van der Waals surface area contributed by atoms with Gasteiger partial charge in [-0.3, -0.25) is 9.59 Å². The molecule has 3 rings (SSSR count). The van der Waals surface area contributed by atoms with E-state index in [2.05, 4.69) is 15.6 Å². The topological polar surface area (TPSA) is 74.0 Å². The molecule has 1 aromatic heterocycles. The highest BCUT2D eigenvalue weighted by Gasteiger charge is 2.34. The molecular formula is C20H27N3O2. The van der Waals surface area contributed by atoms with E-state index in [1.807, 2.05) is 51.2 Å². The van der Waals surface area contributed by atoms with E-state index < -0.39 is 6.04 Å². The Bertz CT molecular complexity index is 761. The van der Waals surface area contributed by atoms with Crippen LogP contribution in [0.1, 0.15) is 39.2 Å². The van der Waals surface area contributed by atoms with Crippen molar-refractivity contribution in [3.8, 4) is 0 Å². The van der Waals surface area contributed by atoms with Crippen LogP contribution in [0.15, 0.2) is 30.5 Å². The third-order valence-corrected chi connectivity index (χ3v) is 4.91. The van der Waals surface area contributed by atoms with Gasteiger partial charge < -0.3 is 15.6 Å². The van der Waals surface area contributed by atoms with Crippen LogP contribution in [0, 0.1) is 11.8 Å². The predicted molar refractivity (Wildman–Crippen MR) is 99.1 cm³/mol. The Balaban J connectivity index is 1.77. The summed E-state index contributed by atoms with van der Waals surface area (Å²) in [6.45, 7) is 5.81. The molecule has 1 aliphatic rings. The first-order valence-corrected chi connectivity index (χ1v) is 9.11. The number of aromatic amines is 1. The van der Waals surface area contributed by atoms with Crippen LogP contribution in [0.3, 0.4) is 0 Å². The van der Waals surface area contributed by atoms with Gasteiger partial charge in [0, 0.05) is 35.5 Å². The fraction of sp³-hybridized carbons (Fsp3) is 0.500. The second kappa shape index (κ2) is 7.30. The minimum atomic E-state index is -0.560. The van der Waals surface area contributed by atoms with Gasteiger partial charge >= 0.3 is 0 Å². The molecule has 1 saturated carbocycles. The number of hydrogen-bond donors (Lipinski definition) is 3. The summed E-state index contributed by atoms with van der Waals surface area (Å²) in [5, 5.41) is 7.00. The maximum atomic E-state index is 12.6. The van der Waals surface area contributed by atoms with Gasteiger partial charge in [0.1, 0.15) is 6.04 Å². The summed E-state index contributed by atoms with van der Waals surface area (Å²) >= 11 is 0. The fourth-order valence-electron chi connectivity index (χ4n) is 3.23. The van der Waals surface area contributed by atoms with Crippen LogP contribution in [0.25, 0.3) is 10.9 Å². The van der Waals surface area contributed by atoms with Gasteiger partial charge in [0.2, 0.25) is 11.8 Å². The lowest BCUT2D eigenvalue weighted by Crippen LogP contribution is -2.51. The minimum absolute atomic E-state index is 0.0220. The summed E-state index contributed by atoms with van der Waals surface area (Å²) < 4.78 is 0. The van der Waals surface area contributed by atoms with E-state index in [-0.39, 0.29) is 23.8 Å². The number of amides is 2. The normalized spacial score (nSPS) is 16.6. The SMILES string of the molecule is CC(C)NC(=O)C(Cc1c[nH]c2ccccc12)NC(=O)C(C)C1CC1. The second-order valence-corrected chi connectivity index (χ2v) is 7.41. The molecule has 0 aliphatic heterocycles. The highest BCUT2D eigenvalue weighted by Crippen LogP contribution is 2.36. The van der Waals surface area contributed by atoms with Gasteiger partial charge in [-0.2, -0.15) is 0 Å². The lowest BCUT2D eigenvalue weighted by Gasteiger charge is -2.22. The van der Waals surface area contributed by atoms with Gasteiger partial charge in [0.05, 0.1) is 0 Å². The van der Waals surface area contributed by atoms with E-state index >= 15 is 0 Å². The molecule has 3 N–H and O–H groups in total. The summed E-state index contributed by atoms with van der Waals surface area (Å²) in [5.41, 5.74) is 2.08. The third-order valence-electron chi connectivity index (χ3n) is 4.91. The minimum Gasteiger partial charge on any atom is -0.361 e. The lowest BCUT2D eigenvalue weighted by atomic mass is 10.0. The first kappa shape index (κ1) is 17.5. The number of nitrogens with one attached hydrogen (secondary N) is 3. The standard InChI is InChI=1S/C20H27N3O2/c1-12(2)22-20(25)18(23-19(24)13(3)14-8-9-14)10-15-11-21-17-7-5-4-6-16(15)17/h4-7,11-14,18,21H,8-10H2,1-3H3,(H,22,25)(H,23,24). The Hall–Kier alpha value is -2.30.